The molecule has 0 bridgehead atoms. The van der Waals surface area contributed by atoms with E-state index < -0.39 is 0 Å². The summed E-state index contributed by atoms with van der Waals surface area (Å²) in [5.74, 6) is 1.01. The number of ether oxygens (including phenoxy) is 2. The minimum Gasteiger partial charge on any atom is -0.457 e. The van der Waals surface area contributed by atoms with Gasteiger partial charge in [-0.25, -0.2) is 4.98 Å². The Balaban J connectivity index is 1.26. The van der Waals surface area contributed by atoms with Gasteiger partial charge in [0.1, 0.15) is 17.2 Å². The fourth-order valence-corrected chi connectivity index (χ4v) is 5.26. The smallest absolute Gasteiger partial charge is 0.270 e. The highest BCUT2D eigenvalue weighted by molar-refractivity contribution is 7.22. The Morgan fingerprint density at radius 2 is 1.91 bits per heavy atom. The highest BCUT2D eigenvalue weighted by atomic mass is 32.1. The number of thiazole rings is 1. The van der Waals surface area contributed by atoms with Crippen molar-refractivity contribution in [2.24, 2.45) is 0 Å². The minimum atomic E-state index is -0.325. The van der Waals surface area contributed by atoms with Crippen molar-refractivity contribution in [2.45, 2.75) is 56.7 Å². The number of amides is 1. The predicted molar refractivity (Wildman–Crippen MR) is 127 cm³/mol. The summed E-state index contributed by atoms with van der Waals surface area (Å²) < 4.78 is 12.4. The lowest BCUT2D eigenvalue weighted by atomic mass is 9.93. The van der Waals surface area contributed by atoms with Crippen LogP contribution in [0.25, 0.3) is 10.2 Å². The fraction of sp³-hybridized carbons (Fsp3) is 0.458. The molecule has 1 saturated carbocycles. The first kappa shape index (κ1) is 22.1. The third-order valence-corrected chi connectivity index (χ3v) is 7.10. The lowest BCUT2D eigenvalue weighted by Crippen LogP contribution is -2.39. The van der Waals surface area contributed by atoms with Crippen LogP contribution in [-0.2, 0) is 4.74 Å². The van der Waals surface area contributed by atoms with Crippen molar-refractivity contribution in [3.63, 3.8) is 0 Å². The van der Waals surface area contributed by atoms with Gasteiger partial charge in [-0.2, -0.15) is 0 Å². The van der Waals surface area contributed by atoms with Crippen LogP contribution in [0, 0.1) is 0 Å². The second-order valence-electron chi connectivity index (χ2n) is 8.59. The third kappa shape index (κ3) is 5.43. The summed E-state index contributed by atoms with van der Waals surface area (Å²) in [6.45, 7) is 1.33. The van der Waals surface area contributed by atoms with Gasteiger partial charge in [-0.05, 0) is 43.9 Å². The van der Waals surface area contributed by atoms with Gasteiger partial charge in [0.25, 0.3) is 5.91 Å². The van der Waals surface area contributed by atoms with Crippen LogP contribution in [0.2, 0.25) is 0 Å². The number of aliphatic hydroxyl groups excluding tert-OH is 1. The molecule has 0 radical (unpaired) electrons. The SMILES string of the molecule is O=C(NC1CCOCC1)c1cc(Oc2ccc3nc(N[C@@H]4CCCC[C@H]4O)sc3c2)ccn1. The molecule has 8 nitrogen and oxygen atoms in total. The van der Waals surface area contributed by atoms with Crippen molar-refractivity contribution in [1.82, 2.24) is 15.3 Å². The summed E-state index contributed by atoms with van der Waals surface area (Å²) >= 11 is 1.55. The molecule has 1 aliphatic carbocycles. The zero-order chi connectivity index (χ0) is 22.6. The number of benzene rings is 1. The van der Waals surface area contributed by atoms with Gasteiger partial charge in [0, 0.05) is 37.6 Å². The van der Waals surface area contributed by atoms with E-state index in [2.05, 4.69) is 20.6 Å². The Morgan fingerprint density at radius 1 is 1.09 bits per heavy atom. The van der Waals surface area contributed by atoms with Crippen molar-refractivity contribution in [3.8, 4) is 11.5 Å². The number of hydrogen-bond donors (Lipinski definition) is 3. The maximum absolute atomic E-state index is 12.6. The van der Waals surface area contributed by atoms with E-state index in [1.807, 2.05) is 18.2 Å². The summed E-state index contributed by atoms with van der Waals surface area (Å²) in [6.07, 6.45) is 6.87. The Bertz CT molecular complexity index is 1110. The molecule has 3 N–H and O–H groups in total. The number of rotatable bonds is 6. The molecule has 2 aliphatic rings. The van der Waals surface area contributed by atoms with Crippen LogP contribution in [-0.4, -0.2) is 52.4 Å². The third-order valence-electron chi connectivity index (χ3n) is 6.15. The molecule has 3 aromatic rings. The number of hydrogen-bond acceptors (Lipinski definition) is 8. The summed E-state index contributed by atoms with van der Waals surface area (Å²) in [4.78, 5) is 21.4. The molecule has 2 aromatic heterocycles. The molecule has 1 aliphatic heterocycles. The van der Waals surface area contributed by atoms with Crippen molar-refractivity contribution in [1.29, 1.82) is 0 Å². The van der Waals surface area contributed by atoms with Crippen LogP contribution in [0.1, 0.15) is 49.0 Å². The number of anilines is 1. The van der Waals surface area contributed by atoms with Gasteiger partial charge >= 0.3 is 0 Å². The molecule has 1 aromatic carbocycles. The van der Waals surface area contributed by atoms with Gasteiger partial charge in [0.15, 0.2) is 5.13 Å². The van der Waals surface area contributed by atoms with Crippen LogP contribution in [0.5, 0.6) is 11.5 Å². The van der Waals surface area contributed by atoms with E-state index in [1.54, 1.807) is 29.7 Å². The van der Waals surface area contributed by atoms with Crippen LogP contribution in [0.4, 0.5) is 5.13 Å². The average Bonchev–Trinajstić information content (AvgIpc) is 3.23. The quantitative estimate of drug-likeness (QED) is 0.500. The number of carbonyl (C=O) groups excluding carboxylic acids is 1. The standard InChI is InChI=1S/C24H28N4O4S/c29-21-4-2-1-3-18(21)27-24-28-19-6-5-16(14-22(19)33-24)32-17-7-10-25-20(13-17)23(30)26-15-8-11-31-12-9-15/h5-7,10,13-15,18,21,29H,1-4,8-9,11-12H2,(H,26,30)(H,27,28)/t18-,21-/m1/s1. The Labute approximate surface area is 196 Å². The largest absolute Gasteiger partial charge is 0.457 e. The molecular weight excluding hydrogens is 440 g/mol. The Morgan fingerprint density at radius 3 is 2.76 bits per heavy atom. The normalized spacial score (nSPS) is 21.6. The predicted octanol–water partition coefficient (Wildman–Crippen LogP) is 4.11. The first-order valence-electron chi connectivity index (χ1n) is 11.5. The average molecular weight is 469 g/mol. The minimum absolute atomic E-state index is 0.0533. The first-order chi connectivity index (χ1) is 16.1. The summed E-state index contributed by atoms with van der Waals surface area (Å²) in [6, 6.07) is 9.29. The van der Waals surface area contributed by atoms with E-state index in [1.165, 1.54) is 0 Å². The van der Waals surface area contributed by atoms with Crippen molar-refractivity contribution in [3.05, 3.63) is 42.2 Å². The Kier molecular flexibility index (Phi) is 6.70. The van der Waals surface area contributed by atoms with Gasteiger partial charge in [0.2, 0.25) is 0 Å². The van der Waals surface area contributed by atoms with Crippen LogP contribution in [0.15, 0.2) is 36.5 Å². The Hall–Kier alpha value is -2.75. The van der Waals surface area contributed by atoms with Crippen LogP contribution < -0.4 is 15.4 Å². The molecule has 2 atom stereocenters. The van der Waals surface area contributed by atoms with Gasteiger partial charge < -0.3 is 25.2 Å². The monoisotopic (exact) mass is 468 g/mol. The van der Waals surface area contributed by atoms with Crippen LogP contribution >= 0.6 is 11.3 Å². The maximum atomic E-state index is 12.6. The highest BCUT2D eigenvalue weighted by Crippen LogP contribution is 2.33. The van der Waals surface area contributed by atoms with Gasteiger partial charge in [-0.15, -0.1) is 0 Å². The summed E-state index contributed by atoms with van der Waals surface area (Å²) in [7, 11) is 0. The molecule has 3 heterocycles. The molecule has 0 unspecified atom stereocenters. The van der Waals surface area contributed by atoms with Crippen LogP contribution in [0.3, 0.4) is 0 Å². The molecule has 1 amide bonds. The van der Waals surface area contributed by atoms with E-state index in [4.69, 9.17) is 9.47 Å². The lowest BCUT2D eigenvalue weighted by molar-refractivity contribution is 0.0694. The van der Waals surface area contributed by atoms with E-state index in [0.717, 1.165) is 53.9 Å². The van der Waals surface area contributed by atoms with Gasteiger partial charge in [-0.3, -0.25) is 9.78 Å². The van der Waals surface area contributed by atoms with Crippen molar-refractivity contribution >= 4 is 32.6 Å². The summed E-state index contributed by atoms with van der Waals surface area (Å²) in [5, 5.41) is 17.5. The number of aliphatic hydroxyl groups is 1. The van der Waals surface area contributed by atoms with Crippen molar-refractivity contribution < 1.29 is 19.4 Å². The maximum Gasteiger partial charge on any atom is 0.270 e. The molecule has 9 heteroatoms. The van der Waals surface area contributed by atoms with E-state index >= 15 is 0 Å². The summed E-state index contributed by atoms with van der Waals surface area (Å²) in [5.41, 5.74) is 1.21. The molecule has 0 spiro atoms. The number of pyridine rings is 1. The fourth-order valence-electron chi connectivity index (χ4n) is 4.30. The zero-order valence-electron chi connectivity index (χ0n) is 18.3. The van der Waals surface area contributed by atoms with Crippen molar-refractivity contribution in [2.75, 3.05) is 18.5 Å². The van der Waals surface area contributed by atoms with Gasteiger partial charge in [0.05, 0.1) is 22.4 Å². The van der Waals surface area contributed by atoms with E-state index in [-0.39, 0.29) is 24.1 Å². The molecular formula is C24H28N4O4S. The molecule has 2 fully saturated rings. The number of aromatic nitrogens is 2. The molecule has 1 saturated heterocycles. The molecule has 5 rings (SSSR count). The lowest BCUT2D eigenvalue weighted by Gasteiger charge is -2.27. The topological polar surface area (TPSA) is 106 Å². The van der Waals surface area contributed by atoms with E-state index in [9.17, 15) is 9.90 Å². The first-order valence-corrected chi connectivity index (χ1v) is 12.3. The van der Waals surface area contributed by atoms with Gasteiger partial charge in [-0.1, -0.05) is 24.2 Å². The second kappa shape index (κ2) is 10.0. The number of nitrogens with one attached hydrogen (secondary N) is 2. The van der Waals surface area contributed by atoms with E-state index in [0.29, 0.717) is 30.4 Å². The molecule has 174 valence electrons. The number of fused-ring (bicyclic) bond motifs is 1. The number of carbonyl (C=O) groups is 1. The highest BCUT2D eigenvalue weighted by Gasteiger charge is 2.24. The molecule has 33 heavy (non-hydrogen) atoms. The number of nitrogens with zero attached hydrogens (tertiary/aromatic N) is 2. The zero-order valence-corrected chi connectivity index (χ0v) is 19.1. The second-order valence-corrected chi connectivity index (χ2v) is 9.62.